The number of rotatable bonds is 5. The van der Waals surface area contributed by atoms with Crippen LogP contribution in [-0.2, 0) is 9.59 Å². The lowest BCUT2D eigenvalue weighted by atomic mass is 10.1. The van der Waals surface area contributed by atoms with Crippen molar-refractivity contribution in [2.45, 2.75) is 13.8 Å². The molecule has 35 heavy (non-hydrogen) atoms. The summed E-state index contributed by atoms with van der Waals surface area (Å²) in [6.45, 7) is 3.62. The first-order valence-corrected chi connectivity index (χ1v) is 12.0. The van der Waals surface area contributed by atoms with Crippen molar-refractivity contribution in [2.24, 2.45) is 0 Å². The predicted molar refractivity (Wildman–Crippen MR) is 140 cm³/mol. The number of fused-ring (bicyclic) bond motifs is 1. The van der Waals surface area contributed by atoms with E-state index < -0.39 is 17.1 Å². The molecule has 2 heterocycles. The van der Waals surface area contributed by atoms with Gasteiger partial charge >= 0.3 is 0 Å². The molecule has 4 aromatic rings. The molecule has 1 saturated heterocycles. The zero-order chi connectivity index (χ0) is 24.5. The Bertz CT molecular complexity index is 1520. The highest BCUT2D eigenvalue weighted by molar-refractivity contribution is 8.18. The number of aryl methyl sites for hydroxylation is 2. The number of hydrogen-bond acceptors (Lipinski definition) is 4. The zero-order valence-electron chi connectivity index (χ0n) is 19.3. The number of benzene rings is 3. The number of hydrogen-bond donors (Lipinski definition) is 1. The molecule has 0 bridgehead atoms. The van der Waals surface area contributed by atoms with Gasteiger partial charge in [0.1, 0.15) is 6.54 Å². The van der Waals surface area contributed by atoms with Gasteiger partial charge in [0.25, 0.3) is 11.1 Å². The molecular formula is C28H23N3O3S. The highest BCUT2D eigenvalue weighted by atomic mass is 32.2. The molecule has 174 valence electrons. The summed E-state index contributed by atoms with van der Waals surface area (Å²) < 4.78 is 1.97. The normalized spacial score (nSPS) is 14.8. The zero-order valence-corrected chi connectivity index (χ0v) is 20.1. The van der Waals surface area contributed by atoms with Crippen molar-refractivity contribution in [3.8, 4) is 5.69 Å². The number of amides is 3. The molecule has 0 aliphatic carbocycles. The summed E-state index contributed by atoms with van der Waals surface area (Å²) in [7, 11) is 0. The summed E-state index contributed by atoms with van der Waals surface area (Å²) in [5.41, 5.74) is 4.52. The number of nitrogens with zero attached hydrogens (tertiary/aromatic N) is 2. The van der Waals surface area contributed by atoms with Crippen LogP contribution in [0.15, 0.2) is 83.9 Å². The van der Waals surface area contributed by atoms with Gasteiger partial charge in [-0.1, -0.05) is 36.4 Å². The van der Waals surface area contributed by atoms with Crippen LogP contribution in [-0.4, -0.2) is 33.1 Å². The first-order valence-electron chi connectivity index (χ1n) is 11.2. The molecule has 1 N–H and O–H groups in total. The third kappa shape index (κ3) is 4.63. The van der Waals surface area contributed by atoms with Crippen molar-refractivity contribution in [3.05, 3.63) is 101 Å². The molecule has 0 unspecified atom stereocenters. The molecule has 0 radical (unpaired) electrons. The Morgan fingerprint density at radius 2 is 1.71 bits per heavy atom. The van der Waals surface area contributed by atoms with Gasteiger partial charge in [0.15, 0.2) is 0 Å². The van der Waals surface area contributed by atoms with Crippen LogP contribution < -0.4 is 5.32 Å². The quantitative estimate of drug-likeness (QED) is 0.359. The van der Waals surface area contributed by atoms with E-state index in [1.165, 1.54) is 0 Å². The molecule has 6 nitrogen and oxygen atoms in total. The first-order chi connectivity index (χ1) is 16.9. The van der Waals surface area contributed by atoms with Crippen LogP contribution in [0, 0.1) is 13.8 Å². The van der Waals surface area contributed by atoms with Gasteiger partial charge in [-0.05, 0) is 90.0 Å². The van der Waals surface area contributed by atoms with Crippen LogP contribution in [0.25, 0.3) is 22.5 Å². The Morgan fingerprint density at radius 3 is 2.51 bits per heavy atom. The van der Waals surface area contributed by atoms with E-state index in [9.17, 15) is 14.4 Å². The summed E-state index contributed by atoms with van der Waals surface area (Å²) >= 11 is 0.844. The second-order valence-electron chi connectivity index (χ2n) is 8.45. The van der Waals surface area contributed by atoms with Crippen molar-refractivity contribution in [2.75, 3.05) is 11.9 Å². The number of aromatic nitrogens is 1. The van der Waals surface area contributed by atoms with Gasteiger partial charge in [0.05, 0.1) is 4.91 Å². The van der Waals surface area contributed by atoms with Crippen molar-refractivity contribution in [3.63, 3.8) is 0 Å². The minimum atomic E-state index is -0.471. The van der Waals surface area contributed by atoms with E-state index in [-0.39, 0.29) is 11.4 Å². The van der Waals surface area contributed by atoms with Crippen LogP contribution in [0.5, 0.6) is 0 Å². The monoisotopic (exact) mass is 481 g/mol. The van der Waals surface area contributed by atoms with Crippen LogP contribution in [0.3, 0.4) is 0 Å². The Balaban J connectivity index is 1.34. The summed E-state index contributed by atoms with van der Waals surface area (Å²) in [4.78, 5) is 39.3. The third-order valence-electron chi connectivity index (χ3n) is 6.04. The van der Waals surface area contributed by atoms with E-state index in [0.717, 1.165) is 49.9 Å². The lowest BCUT2D eigenvalue weighted by molar-refractivity contribution is -0.127. The highest BCUT2D eigenvalue weighted by Gasteiger charge is 2.36. The smallest absolute Gasteiger partial charge is 0.294 e. The van der Waals surface area contributed by atoms with Crippen LogP contribution in [0.1, 0.15) is 16.8 Å². The molecular weight excluding hydrogens is 458 g/mol. The van der Waals surface area contributed by atoms with E-state index in [4.69, 9.17) is 0 Å². The number of thioether (sulfide) groups is 1. The topological polar surface area (TPSA) is 71.4 Å². The lowest BCUT2D eigenvalue weighted by Crippen LogP contribution is -2.36. The second-order valence-corrected chi connectivity index (χ2v) is 9.44. The molecule has 1 fully saturated rings. The van der Waals surface area contributed by atoms with Crippen molar-refractivity contribution < 1.29 is 14.4 Å². The Morgan fingerprint density at radius 1 is 0.914 bits per heavy atom. The van der Waals surface area contributed by atoms with Gasteiger partial charge in [0, 0.05) is 23.3 Å². The Hall–Kier alpha value is -4.10. The van der Waals surface area contributed by atoms with Gasteiger partial charge in [0.2, 0.25) is 5.91 Å². The maximum absolute atomic E-state index is 13.0. The molecule has 1 aliphatic heterocycles. The third-order valence-corrected chi connectivity index (χ3v) is 6.94. The molecule has 3 amide bonds. The van der Waals surface area contributed by atoms with Crippen molar-refractivity contribution >= 4 is 51.4 Å². The number of imide groups is 1. The lowest BCUT2D eigenvalue weighted by Gasteiger charge is -2.13. The highest BCUT2D eigenvalue weighted by Crippen LogP contribution is 2.33. The summed E-state index contributed by atoms with van der Waals surface area (Å²) in [5, 5.41) is 4.56. The Kier molecular flexibility index (Phi) is 6.01. The maximum atomic E-state index is 13.0. The molecule has 1 aromatic heterocycles. The van der Waals surface area contributed by atoms with Gasteiger partial charge in [-0.3, -0.25) is 19.3 Å². The van der Waals surface area contributed by atoms with E-state index in [1.54, 1.807) is 12.1 Å². The van der Waals surface area contributed by atoms with Gasteiger partial charge in [-0.15, -0.1) is 0 Å². The predicted octanol–water partition coefficient (Wildman–Crippen LogP) is 5.92. The fourth-order valence-corrected chi connectivity index (χ4v) is 4.83. The van der Waals surface area contributed by atoms with Crippen molar-refractivity contribution in [1.29, 1.82) is 0 Å². The van der Waals surface area contributed by atoms with Crippen LogP contribution in [0.2, 0.25) is 0 Å². The number of anilines is 1. The average molecular weight is 482 g/mol. The van der Waals surface area contributed by atoms with E-state index in [1.807, 2.05) is 67.1 Å². The van der Waals surface area contributed by atoms with E-state index in [2.05, 4.69) is 29.6 Å². The maximum Gasteiger partial charge on any atom is 0.294 e. The van der Waals surface area contributed by atoms with Crippen molar-refractivity contribution in [1.82, 2.24) is 9.47 Å². The minimum Gasteiger partial charge on any atom is -0.325 e. The van der Waals surface area contributed by atoms with Crippen LogP contribution in [0.4, 0.5) is 10.5 Å². The molecule has 0 atom stereocenters. The van der Waals surface area contributed by atoms with E-state index in [0.29, 0.717) is 5.69 Å². The molecule has 5 rings (SSSR count). The first kappa shape index (κ1) is 22.7. The van der Waals surface area contributed by atoms with Crippen LogP contribution >= 0.6 is 11.8 Å². The number of carbonyl (C=O) groups is 3. The molecule has 7 heteroatoms. The summed E-state index contributed by atoms with van der Waals surface area (Å²) in [6.07, 6.45) is 3.61. The SMILES string of the molecule is Cc1ccc(NC(=O)CN2C(=O)S/C(=C\c3cccn3-c3ccc4ccccc4c3)C2=O)cc1C. The van der Waals surface area contributed by atoms with E-state index >= 15 is 0 Å². The summed E-state index contributed by atoms with van der Waals surface area (Å²) in [5.74, 6) is -0.891. The molecule has 0 saturated carbocycles. The molecule has 1 aliphatic rings. The fourth-order valence-electron chi connectivity index (χ4n) is 4.01. The summed E-state index contributed by atoms with van der Waals surface area (Å²) in [6, 6.07) is 23.6. The number of carbonyl (C=O) groups excluding carboxylic acids is 3. The largest absolute Gasteiger partial charge is 0.325 e. The Labute approximate surface area is 207 Å². The van der Waals surface area contributed by atoms with Gasteiger partial charge < -0.3 is 9.88 Å². The minimum absolute atomic E-state index is 0.287. The second kappa shape index (κ2) is 9.27. The van der Waals surface area contributed by atoms with Gasteiger partial charge in [-0.25, -0.2) is 0 Å². The molecule has 0 spiro atoms. The average Bonchev–Trinajstić information content (AvgIpc) is 3.41. The van der Waals surface area contributed by atoms with Gasteiger partial charge in [-0.2, -0.15) is 0 Å². The standard InChI is InChI=1S/C28H23N3O3S/c1-18-9-11-22(14-19(18)2)29-26(32)17-31-27(33)25(35-28(31)34)16-23-8-5-13-30(23)24-12-10-20-6-3-4-7-21(20)15-24/h3-16H,17H2,1-2H3,(H,29,32)/b25-16-. The number of nitrogens with one attached hydrogen (secondary N) is 1. The fraction of sp³-hybridized carbons (Fsp3) is 0.107. The molecule has 3 aromatic carbocycles.